The Labute approximate surface area is 133 Å². The van der Waals surface area contributed by atoms with Crippen molar-refractivity contribution in [3.8, 4) is 0 Å². The number of carbonyl (C=O) groups is 2. The third kappa shape index (κ3) is 5.90. The van der Waals surface area contributed by atoms with E-state index in [0.717, 1.165) is 9.13 Å². The molecule has 0 aromatic heterocycles. The van der Waals surface area contributed by atoms with Gasteiger partial charge in [-0.25, -0.2) is 4.79 Å². The summed E-state index contributed by atoms with van der Waals surface area (Å²) in [6, 6.07) is 7.21. The SMILES string of the molecule is COC(=O)[C@H](Cc1ccc(I)cc1)NC(=O)CC(C)C. The molecule has 0 aliphatic heterocycles. The Bertz CT molecular complexity index is 457. The number of carbonyl (C=O) groups excluding carboxylic acids is 2. The number of esters is 1. The lowest BCUT2D eigenvalue weighted by molar-refractivity contribution is -0.145. The van der Waals surface area contributed by atoms with Gasteiger partial charge in [0.05, 0.1) is 7.11 Å². The van der Waals surface area contributed by atoms with Gasteiger partial charge in [0.1, 0.15) is 6.04 Å². The maximum Gasteiger partial charge on any atom is 0.328 e. The van der Waals surface area contributed by atoms with Gasteiger partial charge in [0, 0.05) is 16.4 Å². The highest BCUT2D eigenvalue weighted by Crippen LogP contribution is 2.10. The molecule has 0 radical (unpaired) electrons. The molecular weight excluding hydrogens is 369 g/mol. The molecule has 0 aliphatic rings. The lowest BCUT2D eigenvalue weighted by atomic mass is 10.0. The van der Waals surface area contributed by atoms with E-state index in [1.54, 1.807) is 0 Å². The highest BCUT2D eigenvalue weighted by atomic mass is 127. The predicted octanol–water partition coefficient (Wildman–Crippen LogP) is 2.54. The van der Waals surface area contributed by atoms with Gasteiger partial charge >= 0.3 is 5.97 Å². The van der Waals surface area contributed by atoms with E-state index >= 15 is 0 Å². The average Bonchev–Trinajstić information content (AvgIpc) is 2.38. The van der Waals surface area contributed by atoms with Gasteiger partial charge in [-0.1, -0.05) is 26.0 Å². The van der Waals surface area contributed by atoms with Crippen molar-refractivity contribution >= 4 is 34.5 Å². The summed E-state index contributed by atoms with van der Waals surface area (Å²) < 4.78 is 5.89. The molecule has 0 heterocycles. The molecule has 1 N–H and O–H groups in total. The zero-order valence-corrected chi connectivity index (χ0v) is 14.1. The van der Waals surface area contributed by atoms with Gasteiger partial charge in [0.2, 0.25) is 5.91 Å². The number of rotatable bonds is 6. The first kappa shape index (κ1) is 16.9. The Kier molecular flexibility index (Phi) is 6.98. The molecule has 0 spiro atoms. The van der Waals surface area contributed by atoms with Crippen LogP contribution in [0.4, 0.5) is 0 Å². The van der Waals surface area contributed by atoms with E-state index in [1.807, 2.05) is 38.1 Å². The van der Waals surface area contributed by atoms with Crippen molar-refractivity contribution in [3.05, 3.63) is 33.4 Å². The standard InChI is InChI=1S/C15H20INO3/c1-10(2)8-14(18)17-13(15(19)20-3)9-11-4-6-12(16)7-5-11/h4-7,10,13H,8-9H2,1-3H3,(H,17,18)/t13-/m0/s1. The molecule has 1 aromatic rings. The van der Waals surface area contributed by atoms with Crippen LogP contribution in [0.3, 0.4) is 0 Å². The number of hydrogen-bond acceptors (Lipinski definition) is 3. The van der Waals surface area contributed by atoms with Crippen LogP contribution < -0.4 is 5.32 Å². The molecule has 0 bridgehead atoms. The van der Waals surface area contributed by atoms with Crippen molar-refractivity contribution in [1.82, 2.24) is 5.32 Å². The maximum atomic E-state index is 11.8. The Morgan fingerprint density at radius 3 is 2.35 bits per heavy atom. The first-order valence-electron chi connectivity index (χ1n) is 6.54. The number of amides is 1. The minimum absolute atomic E-state index is 0.124. The fraction of sp³-hybridized carbons (Fsp3) is 0.467. The van der Waals surface area contributed by atoms with Crippen molar-refractivity contribution in [1.29, 1.82) is 0 Å². The van der Waals surface area contributed by atoms with Crippen LogP contribution in [-0.4, -0.2) is 25.0 Å². The lowest BCUT2D eigenvalue weighted by Gasteiger charge is -2.17. The highest BCUT2D eigenvalue weighted by Gasteiger charge is 2.22. The van der Waals surface area contributed by atoms with Crippen LogP contribution in [0.25, 0.3) is 0 Å². The molecule has 0 unspecified atom stereocenters. The Morgan fingerprint density at radius 1 is 1.25 bits per heavy atom. The van der Waals surface area contributed by atoms with Crippen LogP contribution in [-0.2, 0) is 20.7 Å². The van der Waals surface area contributed by atoms with E-state index < -0.39 is 12.0 Å². The summed E-state index contributed by atoms with van der Waals surface area (Å²) >= 11 is 2.22. The summed E-state index contributed by atoms with van der Waals surface area (Å²) in [4.78, 5) is 23.6. The van der Waals surface area contributed by atoms with Crippen molar-refractivity contribution in [3.63, 3.8) is 0 Å². The van der Waals surface area contributed by atoms with E-state index in [1.165, 1.54) is 7.11 Å². The maximum absolute atomic E-state index is 11.8. The number of methoxy groups -OCH3 is 1. The first-order chi connectivity index (χ1) is 9.42. The minimum atomic E-state index is -0.633. The highest BCUT2D eigenvalue weighted by molar-refractivity contribution is 14.1. The molecule has 1 rings (SSSR count). The fourth-order valence-corrected chi connectivity index (χ4v) is 2.18. The van der Waals surface area contributed by atoms with Crippen LogP contribution in [0.15, 0.2) is 24.3 Å². The summed E-state index contributed by atoms with van der Waals surface area (Å²) in [5.74, 6) is -0.284. The third-order valence-corrected chi connectivity index (χ3v) is 3.49. The molecule has 4 nitrogen and oxygen atoms in total. The molecule has 110 valence electrons. The number of halogens is 1. The van der Waals surface area contributed by atoms with Crippen molar-refractivity contribution in [2.45, 2.75) is 32.7 Å². The molecule has 1 atom stereocenters. The summed E-state index contributed by atoms with van der Waals surface area (Å²) in [7, 11) is 1.33. The Balaban J connectivity index is 2.72. The van der Waals surface area contributed by atoms with Crippen LogP contribution >= 0.6 is 22.6 Å². The third-order valence-electron chi connectivity index (χ3n) is 2.77. The molecule has 0 saturated carbocycles. The largest absolute Gasteiger partial charge is 0.467 e. The van der Waals surface area contributed by atoms with Crippen molar-refractivity contribution in [2.24, 2.45) is 5.92 Å². The lowest BCUT2D eigenvalue weighted by Crippen LogP contribution is -2.43. The molecule has 20 heavy (non-hydrogen) atoms. The summed E-state index contributed by atoms with van der Waals surface area (Å²) in [6.45, 7) is 3.93. The molecule has 1 aromatic carbocycles. The van der Waals surface area contributed by atoms with E-state index in [9.17, 15) is 9.59 Å². The van der Waals surface area contributed by atoms with Crippen molar-refractivity contribution in [2.75, 3.05) is 7.11 Å². The molecule has 1 amide bonds. The van der Waals surface area contributed by atoms with Crippen molar-refractivity contribution < 1.29 is 14.3 Å². The minimum Gasteiger partial charge on any atom is -0.467 e. The number of benzene rings is 1. The summed E-state index contributed by atoms with van der Waals surface area (Å²) in [6.07, 6.45) is 0.841. The van der Waals surface area contributed by atoms with Gasteiger partial charge in [0.25, 0.3) is 0 Å². The van der Waals surface area contributed by atoms with Gasteiger partial charge < -0.3 is 10.1 Å². The van der Waals surface area contributed by atoms with Gasteiger partial charge in [-0.05, 0) is 46.2 Å². The average molecular weight is 389 g/mol. The quantitative estimate of drug-likeness (QED) is 0.601. The smallest absolute Gasteiger partial charge is 0.328 e. The molecular formula is C15H20INO3. The van der Waals surface area contributed by atoms with Gasteiger partial charge in [-0.3, -0.25) is 4.79 Å². The van der Waals surface area contributed by atoms with Crippen LogP contribution in [0, 0.1) is 9.49 Å². The topological polar surface area (TPSA) is 55.4 Å². The number of ether oxygens (including phenoxy) is 1. The second kappa shape index (κ2) is 8.24. The van der Waals surface area contributed by atoms with E-state index in [-0.39, 0.29) is 11.8 Å². The van der Waals surface area contributed by atoms with E-state index in [4.69, 9.17) is 4.74 Å². The molecule has 0 aliphatic carbocycles. The van der Waals surface area contributed by atoms with E-state index in [0.29, 0.717) is 12.8 Å². The zero-order chi connectivity index (χ0) is 15.1. The summed E-state index contributed by atoms with van der Waals surface area (Å²) in [5.41, 5.74) is 0.991. The number of hydrogen-bond donors (Lipinski definition) is 1. The normalized spacial score (nSPS) is 12.1. The zero-order valence-electron chi connectivity index (χ0n) is 12.0. The van der Waals surface area contributed by atoms with Crippen LogP contribution in [0.1, 0.15) is 25.8 Å². The predicted molar refractivity (Wildman–Crippen MR) is 86.3 cm³/mol. The molecule has 0 saturated heterocycles. The molecule has 0 fully saturated rings. The second-order valence-electron chi connectivity index (χ2n) is 5.07. The van der Waals surface area contributed by atoms with Gasteiger partial charge in [0.15, 0.2) is 0 Å². The Hall–Kier alpha value is -1.11. The van der Waals surface area contributed by atoms with Crippen LogP contribution in [0.5, 0.6) is 0 Å². The number of nitrogens with one attached hydrogen (secondary N) is 1. The van der Waals surface area contributed by atoms with Crippen LogP contribution in [0.2, 0.25) is 0 Å². The molecule has 5 heteroatoms. The Morgan fingerprint density at radius 2 is 1.85 bits per heavy atom. The second-order valence-corrected chi connectivity index (χ2v) is 6.32. The summed E-state index contributed by atoms with van der Waals surface area (Å²) in [5, 5.41) is 2.75. The monoisotopic (exact) mass is 389 g/mol. The van der Waals surface area contributed by atoms with Gasteiger partial charge in [-0.2, -0.15) is 0 Å². The fourth-order valence-electron chi connectivity index (χ4n) is 1.82. The first-order valence-corrected chi connectivity index (χ1v) is 7.62. The van der Waals surface area contributed by atoms with E-state index in [2.05, 4.69) is 27.9 Å². The van der Waals surface area contributed by atoms with Gasteiger partial charge in [-0.15, -0.1) is 0 Å².